The van der Waals surface area contributed by atoms with Gasteiger partial charge in [-0.15, -0.1) is 22.9 Å². The van der Waals surface area contributed by atoms with Gasteiger partial charge in [0.25, 0.3) is 0 Å². The Morgan fingerprint density at radius 2 is 2.23 bits per heavy atom. The quantitative estimate of drug-likeness (QED) is 0.628. The summed E-state index contributed by atoms with van der Waals surface area (Å²) in [4.78, 5) is 0. The van der Waals surface area contributed by atoms with Crippen LogP contribution < -0.4 is 0 Å². The van der Waals surface area contributed by atoms with Gasteiger partial charge in [-0.2, -0.15) is 0 Å². The summed E-state index contributed by atoms with van der Waals surface area (Å²) in [5.74, 6) is 0.210. The Balaban J connectivity index is 2.85. The Morgan fingerprint density at radius 1 is 1.46 bits per heavy atom. The number of rotatable bonds is 1. The number of hydrogen-bond donors (Lipinski definition) is 0. The van der Waals surface area contributed by atoms with Gasteiger partial charge >= 0.3 is 0 Å². The molecule has 0 amide bonds. The highest BCUT2D eigenvalue weighted by Gasteiger charge is 2.08. The van der Waals surface area contributed by atoms with Crippen LogP contribution in [0, 0.1) is 12.7 Å². The maximum absolute atomic E-state index is 13.3. The molecule has 0 spiro atoms. The van der Waals surface area contributed by atoms with Gasteiger partial charge in [0.05, 0.1) is 0 Å². The van der Waals surface area contributed by atoms with Crippen molar-refractivity contribution in [2.75, 3.05) is 0 Å². The third-order valence-corrected chi connectivity index (χ3v) is 3.19. The third-order valence-electron chi connectivity index (χ3n) is 2.00. The zero-order chi connectivity index (χ0) is 9.42. The predicted molar refractivity (Wildman–Crippen MR) is 56.1 cm³/mol. The van der Waals surface area contributed by atoms with E-state index in [9.17, 15) is 4.39 Å². The van der Waals surface area contributed by atoms with E-state index in [1.807, 2.05) is 19.1 Å². The van der Waals surface area contributed by atoms with Crippen LogP contribution in [0.5, 0.6) is 0 Å². The lowest BCUT2D eigenvalue weighted by Gasteiger charge is -2.00. The highest BCUT2D eigenvalue weighted by atomic mass is 35.5. The molecular weight excluding hydrogens is 207 g/mol. The molecule has 1 aromatic carbocycles. The van der Waals surface area contributed by atoms with E-state index in [1.54, 1.807) is 0 Å². The summed E-state index contributed by atoms with van der Waals surface area (Å²) < 4.78 is 14.3. The van der Waals surface area contributed by atoms with E-state index in [1.165, 1.54) is 16.7 Å². The standard InChI is InChI=1S/C10H8ClFS/c1-6-2-7(4-11)10-8(12)5-13-9(10)3-6/h2-3,5H,4H2,1H3. The molecule has 0 N–H and O–H groups in total. The van der Waals surface area contributed by atoms with Crippen molar-refractivity contribution in [2.24, 2.45) is 0 Å². The molecule has 0 saturated carbocycles. The van der Waals surface area contributed by atoms with E-state index in [0.717, 1.165) is 15.8 Å². The van der Waals surface area contributed by atoms with Crippen molar-refractivity contribution in [1.29, 1.82) is 0 Å². The van der Waals surface area contributed by atoms with Crippen LogP contribution in [0.4, 0.5) is 4.39 Å². The van der Waals surface area contributed by atoms with Gasteiger partial charge in [0.2, 0.25) is 0 Å². The summed E-state index contributed by atoms with van der Waals surface area (Å²) in [5.41, 5.74) is 2.01. The maximum Gasteiger partial charge on any atom is 0.142 e. The summed E-state index contributed by atoms with van der Waals surface area (Å²) >= 11 is 7.17. The maximum atomic E-state index is 13.3. The van der Waals surface area contributed by atoms with Gasteiger partial charge in [0.15, 0.2) is 0 Å². The first-order chi connectivity index (χ1) is 6.22. The predicted octanol–water partition coefficient (Wildman–Crippen LogP) is 4.09. The Kier molecular flexibility index (Phi) is 2.26. The van der Waals surface area contributed by atoms with Crippen molar-refractivity contribution >= 4 is 33.0 Å². The second-order valence-electron chi connectivity index (χ2n) is 3.01. The molecule has 68 valence electrons. The first kappa shape index (κ1) is 8.97. The monoisotopic (exact) mass is 214 g/mol. The fourth-order valence-corrected chi connectivity index (χ4v) is 2.63. The van der Waals surface area contributed by atoms with Crippen LogP contribution in [0.3, 0.4) is 0 Å². The lowest BCUT2D eigenvalue weighted by atomic mass is 10.1. The second kappa shape index (κ2) is 3.28. The largest absolute Gasteiger partial charge is 0.205 e. The van der Waals surface area contributed by atoms with Crippen LogP contribution in [-0.2, 0) is 5.88 Å². The lowest BCUT2D eigenvalue weighted by molar-refractivity contribution is 0.643. The van der Waals surface area contributed by atoms with E-state index >= 15 is 0 Å². The average molecular weight is 215 g/mol. The third kappa shape index (κ3) is 1.45. The number of hydrogen-bond acceptors (Lipinski definition) is 1. The molecule has 1 aromatic heterocycles. The minimum absolute atomic E-state index is 0.157. The van der Waals surface area contributed by atoms with Gasteiger partial charge in [0.1, 0.15) is 5.82 Å². The van der Waals surface area contributed by atoms with Gasteiger partial charge in [-0.05, 0) is 24.1 Å². The zero-order valence-corrected chi connectivity index (χ0v) is 8.68. The molecule has 0 saturated heterocycles. The van der Waals surface area contributed by atoms with Crippen LogP contribution >= 0.6 is 22.9 Å². The molecule has 0 aliphatic carbocycles. The van der Waals surface area contributed by atoms with Gasteiger partial charge in [0, 0.05) is 21.3 Å². The molecule has 0 fully saturated rings. The molecule has 0 atom stereocenters. The molecule has 2 rings (SSSR count). The molecule has 0 nitrogen and oxygen atoms in total. The van der Waals surface area contributed by atoms with E-state index in [2.05, 4.69) is 0 Å². The van der Waals surface area contributed by atoms with E-state index in [4.69, 9.17) is 11.6 Å². The van der Waals surface area contributed by atoms with Gasteiger partial charge in [-0.3, -0.25) is 0 Å². The smallest absolute Gasteiger partial charge is 0.142 e. The van der Waals surface area contributed by atoms with E-state index < -0.39 is 0 Å². The van der Waals surface area contributed by atoms with Crippen molar-refractivity contribution in [1.82, 2.24) is 0 Å². The Morgan fingerprint density at radius 3 is 2.92 bits per heavy atom. The Bertz CT molecular complexity index is 447. The zero-order valence-electron chi connectivity index (χ0n) is 7.10. The highest BCUT2D eigenvalue weighted by Crippen LogP contribution is 2.30. The highest BCUT2D eigenvalue weighted by molar-refractivity contribution is 7.17. The summed E-state index contributed by atoms with van der Waals surface area (Å²) in [6.07, 6.45) is 0. The molecule has 0 bridgehead atoms. The molecule has 0 radical (unpaired) electrons. The number of thiophene rings is 1. The number of alkyl halides is 1. The van der Waals surface area contributed by atoms with Crippen molar-refractivity contribution in [3.05, 3.63) is 34.5 Å². The number of aryl methyl sites for hydroxylation is 1. The summed E-state index contributed by atoms with van der Waals surface area (Å²) in [7, 11) is 0. The van der Waals surface area contributed by atoms with E-state index in [0.29, 0.717) is 11.3 Å². The summed E-state index contributed by atoms with van der Waals surface area (Å²) in [5, 5.41) is 2.21. The normalized spacial score (nSPS) is 11.0. The van der Waals surface area contributed by atoms with Crippen LogP contribution in [-0.4, -0.2) is 0 Å². The number of halogens is 2. The average Bonchev–Trinajstić information content (AvgIpc) is 2.46. The van der Waals surface area contributed by atoms with Crippen LogP contribution in [0.1, 0.15) is 11.1 Å². The number of benzene rings is 1. The fraction of sp³-hybridized carbons (Fsp3) is 0.200. The molecule has 3 heteroatoms. The fourth-order valence-electron chi connectivity index (χ4n) is 1.47. The van der Waals surface area contributed by atoms with Gasteiger partial charge in [-0.1, -0.05) is 6.07 Å². The van der Waals surface area contributed by atoms with Crippen molar-refractivity contribution in [2.45, 2.75) is 12.8 Å². The first-order valence-electron chi connectivity index (χ1n) is 3.94. The van der Waals surface area contributed by atoms with Crippen LogP contribution in [0.15, 0.2) is 17.5 Å². The Labute approximate surface area is 85.0 Å². The summed E-state index contributed by atoms with van der Waals surface area (Å²) in [6, 6.07) is 3.92. The minimum atomic E-state index is -0.157. The summed E-state index contributed by atoms with van der Waals surface area (Å²) in [6.45, 7) is 1.99. The first-order valence-corrected chi connectivity index (χ1v) is 5.36. The van der Waals surface area contributed by atoms with Gasteiger partial charge < -0.3 is 0 Å². The molecular formula is C10H8ClFS. The molecule has 1 heterocycles. The van der Waals surface area contributed by atoms with Crippen LogP contribution in [0.2, 0.25) is 0 Å². The topological polar surface area (TPSA) is 0 Å². The molecule has 0 aliphatic rings. The molecule has 13 heavy (non-hydrogen) atoms. The number of fused-ring (bicyclic) bond motifs is 1. The SMILES string of the molecule is Cc1cc(CCl)c2c(F)csc2c1. The molecule has 0 unspecified atom stereocenters. The van der Waals surface area contributed by atoms with Crippen molar-refractivity contribution < 1.29 is 4.39 Å². The van der Waals surface area contributed by atoms with Gasteiger partial charge in [-0.25, -0.2) is 4.39 Å². The van der Waals surface area contributed by atoms with Crippen molar-refractivity contribution in [3.8, 4) is 0 Å². The van der Waals surface area contributed by atoms with Crippen LogP contribution in [0.25, 0.3) is 10.1 Å². The van der Waals surface area contributed by atoms with E-state index in [-0.39, 0.29) is 5.82 Å². The lowest BCUT2D eigenvalue weighted by Crippen LogP contribution is -1.83. The second-order valence-corrected chi connectivity index (χ2v) is 4.19. The molecule has 2 aromatic rings. The molecule has 0 aliphatic heterocycles. The van der Waals surface area contributed by atoms with Crippen molar-refractivity contribution in [3.63, 3.8) is 0 Å². The minimum Gasteiger partial charge on any atom is -0.205 e. The Hall–Kier alpha value is -0.600.